The molecule has 130 valence electrons. The summed E-state index contributed by atoms with van der Waals surface area (Å²) >= 11 is 0. The van der Waals surface area contributed by atoms with Gasteiger partial charge in [-0.1, -0.05) is 12.1 Å². The minimum Gasteiger partial charge on any atom is -0.390 e. The van der Waals surface area contributed by atoms with Crippen molar-refractivity contribution in [1.82, 2.24) is 20.2 Å². The Morgan fingerprint density at radius 1 is 1.24 bits per heavy atom. The highest BCUT2D eigenvalue weighted by molar-refractivity contribution is 5.58. The predicted molar refractivity (Wildman–Crippen MR) is 87.5 cm³/mol. The van der Waals surface area contributed by atoms with E-state index in [0.717, 1.165) is 25.7 Å². The largest absolute Gasteiger partial charge is 0.390 e. The zero-order chi connectivity index (χ0) is 17.2. The molecule has 8 heteroatoms. The SMILES string of the molecule is O=[N+]([O-])c1cccc(-c2nnn(C34C[C@@H]5C[C@H](CC(O)(C5)C3)C4)n2)c1. The molecule has 0 unspecified atom stereocenters. The third kappa shape index (κ3) is 2.27. The van der Waals surface area contributed by atoms with Crippen LogP contribution >= 0.6 is 0 Å². The summed E-state index contributed by atoms with van der Waals surface area (Å²) in [7, 11) is 0. The Balaban J connectivity index is 1.51. The first kappa shape index (κ1) is 14.9. The highest BCUT2D eigenvalue weighted by Crippen LogP contribution is 2.60. The van der Waals surface area contributed by atoms with Crippen molar-refractivity contribution in [2.75, 3.05) is 0 Å². The number of non-ortho nitro benzene ring substituents is 1. The van der Waals surface area contributed by atoms with E-state index < -0.39 is 10.5 Å². The molecule has 4 aliphatic rings. The first-order valence-electron chi connectivity index (χ1n) is 8.73. The van der Waals surface area contributed by atoms with Gasteiger partial charge in [-0.05, 0) is 49.2 Å². The van der Waals surface area contributed by atoms with Gasteiger partial charge in [0.05, 0.1) is 16.1 Å². The van der Waals surface area contributed by atoms with Crippen LogP contribution in [0, 0.1) is 22.0 Å². The topological polar surface area (TPSA) is 107 Å². The Morgan fingerprint density at radius 3 is 2.68 bits per heavy atom. The van der Waals surface area contributed by atoms with Gasteiger partial charge in [-0.2, -0.15) is 4.80 Å². The quantitative estimate of drug-likeness (QED) is 0.678. The van der Waals surface area contributed by atoms with Crippen LogP contribution in [-0.4, -0.2) is 35.8 Å². The lowest BCUT2D eigenvalue weighted by molar-refractivity contribution is -0.384. The zero-order valence-corrected chi connectivity index (χ0v) is 13.7. The minimum atomic E-state index is -0.594. The first-order chi connectivity index (χ1) is 11.9. The van der Waals surface area contributed by atoms with Gasteiger partial charge in [-0.15, -0.1) is 10.2 Å². The second kappa shape index (κ2) is 4.85. The van der Waals surface area contributed by atoms with Crippen molar-refractivity contribution in [2.45, 2.75) is 49.7 Å². The molecular weight excluding hydrogens is 322 g/mol. The lowest BCUT2D eigenvalue weighted by Gasteiger charge is -2.59. The molecule has 0 aliphatic heterocycles. The average Bonchev–Trinajstić information content (AvgIpc) is 3.03. The molecule has 1 aromatic carbocycles. The van der Waals surface area contributed by atoms with E-state index in [0.29, 0.717) is 29.6 Å². The van der Waals surface area contributed by atoms with E-state index >= 15 is 0 Å². The molecule has 4 saturated carbocycles. The van der Waals surface area contributed by atoms with Crippen molar-refractivity contribution in [1.29, 1.82) is 0 Å². The van der Waals surface area contributed by atoms with Crippen LogP contribution < -0.4 is 0 Å². The summed E-state index contributed by atoms with van der Waals surface area (Å²) in [6, 6.07) is 6.29. The van der Waals surface area contributed by atoms with Gasteiger partial charge in [0, 0.05) is 24.1 Å². The molecule has 1 aromatic heterocycles. The van der Waals surface area contributed by atoms with Gasteiger partial charge in [0.25, 0.3) is 5.69 Å². The maximum atomic E-state index is 11.0. The molecule has 0 saturated heterocycles. The van der Waals surface area contributed by atoms with Crippen LogP contribution in [0.3, 0.4) is 0 Å². The van der Waals surface area contributed by atoms with Gasteiger partial charge in [-0.3, -0.25) is 10.1 Å². The lowest BCUT2D eigenvalue weighted by atomic mass is 9.51. The van der Waals surface area contributed by atoms with Crippen LogP contribution in [0.25, 0.3) is 11.4 Å². The van der Waals surface area contributed by atoms with Crippen molar-refractivity contribution in [3.05, 3.63) is 34.4 Å². The Hall–Kier alpha value is -2.35. The molecule has 4 fully saturated rings. The molecule has 1 N–H and O–H groups in total. The smallest absolute Gasteiger partial charge is 0.270 e. The molecule has 0 amide bonds. The fraction of sp³-hybridized carbons (Fsp3) is 0.588. The number of hydrogen-bond acceptors (Lipinski definition) is 6. The average molecular weight is 341 g/mol. The maximum absolute atomic E-state index is 11.0. The molecule has 1 heterocycles. The normalized spacial score (nSPS) is 35.9. The molecule has 0 radical (unpaired) electrons. The Bertz CT molecular complexity index is 849. The summed E-state index contributed by atoms with van der Waals surface area (Å²) in [5.74, 6) is 1.45. The number of nitrogens with zero attached hydrogens (tertiary/aromatic N) is 5. The molecule has 4 aliphatic carbocycles. The molecule has 2 atom stereocenters. The number of aliphatic hydroxyl groups is 1. The third-order valence-corrected chi connectivity index (χ3v) is 6.15. The van der Waals surface area contributed by atoms with Crippen molar-refractivity contribution >= 4 is 5.69 Å². The highest BCUT2D eigenvalue weighted by Gasteiger charge is 2.59. The second-order valence-electron chi connectivity index (χ2n) is 8.12. The van der Waals surface area contributed by atoms with Crippen LogP contribution in [0.5, 0.6) is 0 Å². The molecule has 0 spiro atoms. The van der Waals surface area contributed by atoms with Gasteiger partial charge in [0.15, 0.2) is 0 Å². The Labute approximate surface area is 144 Å². The van der Waals surface area contributed by atoms with Crippen molar-refractivity contribution in [3.63, 3.8) is 0 Å². The van der Waals surface area contributed by atoms with Crippen molar-refractivity contribution in [3.8, 4) is 11.4 Å². The molecular formula is C17H19N5O3. The van der Waals surface area contributed by atoms with Gasteiger partial charge in [0.1, 0.15) is 0 Å². The van der Waals surface area contributed by atoms with Crippen molar-refractivity contribution < 1.29 is 10.0 Å². The van der Waals surface area contributed by atoms with E-state index in [1.54, 1.807) is 16.9 Å². The van der Waals surface area contributed by atoms with Crippen molar-refractivity contribution in [2.24, 2.45) is 11.8 Å². The summed E-state index contributed by atoms with van der Waals surface area (Å²) in [5, 5.41) is 34.8. The number of benzene rings is 1. The van der Waals surface area contributed by atoms with Gasteiger partial charge in [-0.25, -0.2) is 0 Å². The van der Waals surface area contributed by atoms with Gasteiger partial charge < -0.3 is 5.11 Å². The molecule has 25 heavy (non-hydrogen) atoms. The van der Waals surface area contributed by atoms with Gasteiger partial charge >= 0.3 is 0 Å². The zero-order valence-electron chi connectivity index (χ0n) is 13.7. The Morgan fingerprint density at radius 2 is 2.00 bits per heavy atom. The van der Waals surface area contributed by atoms with E-state index in [1.165, 1.54) is 18.6 Å². The number of aromatic nitrogens is 4. The second-order valence-corrected chi connectivity index (χ2v) is 8.12. The van der Waals surface area contributed by atoms with Crippen LogP contribution in [0.1, 0.15) is 38.5 Å². The number of rotatable bonds is 3. The maximum Gasteiger partial charge on any atom is 0.270 e. The van der Waals surface area contributed by atoms with E-state index in [4.69, 9.17) is 0 Å². The molecule has 8 nitrogen and oxygen atoms in total. The first-order valence-corrected chi connectivity index (χ1v) is 8.73. The minimum absolute atomic E-state index is 0.0120. The highest BCUT2D eigenvalue weighted by atomic mass is 16.6. The summed E-state index contributed by atoms with van der Waals surface area (Å²) in [4.78, 5) is 12.2. The summed E-state index contributed by atoms with van der Waals surface area (Å²) < 4.78 is 0. The van der Waals surface area contributed by atoms with Crippen LogP contribution in [0.15, 0.2) is 24.3 Å². The van der Waals surface area contributed by atoms with Crippen LogP contribution in [-0.2, 0) is 5.54 Å². The monoisotopic (exact) mass is 341 g/mol. The van der Waals surface area contributed by atoms with E-state index in [9.17, 15) is 15.2 Å². The number of tetrazole rings is 1. The predicted octanol–water partition coefficient (Wildman–Crippen LogP) is 2.29. The number of hydrogen-bond donors (Lipinski definition) is 1. The summed E-state index contributed by atoms with van der Waals surface area (Å²) in [6.45, 7) is 0. The van der Waals surface area contributed by atoms with Crippen LogP contribution in [0.4, 0.5) is 5.69 Å². The van der Waals surface area contributed by atoms with E-state index in [2.05, 4.69) is 15.4 Å². The van der Waals surface area contributed by atoms with E-state index in [-0.39, 0.29) is 11.2 Å². The third-order valence-electron chi connectivity index (χ3n) is 6.15. The Kier molecular flexibility index (Phi) is 2.90. The number of nitro benzene ring substituents is 1. The summed E-state index contributed by atoms with van der Waals surface area (Å²) in [5.41, 5.74) is -0.254. The van der Waals surface area contributed by atoms with E-state index in [1.807, 2.05) is 0 Å². The molecule has 6 rings (SSSR count). The fourth-order valence-electron chi connectivity index (χ4n) is 5.69. The molecule has 4 bridgehead atoms. The van der Waals surface area contributed by atoms with Gasteiger partial charge in [0.2, 0.25) is 5.82 Å². The summed E-state index contributed by atoms with van der Waals surface area (Å²) in [6.07, 6.45) is 5.61. The fourth-order valence-corrected chi connectivity index (χ4v) is 5.69. The standard InChI is InChI=1S/C17H19N5O3/c23-17-8-11-4-12(9-17)7-16(6-11,10-17)22-19-15(18-20-22)13-2-1-3-14(5-13)21(24)25/h1-3,5,11-12,23H,4,6-10H2/t11-,12-,16?,17?/m0/s1. The molecule has 2 aromatic rings. The van der Waals surface area contributed by atoms with Crippen LogP contribution in [0.2, 0.25) is 0 Å². The lowest BCUT2D eigenvalue weighted by Crippen LogP contribution is -2.60. The number of nitro groups is 1.